The van der Waals surface area contributed by atoms with Crippen LogP contribution in [0.5, 0.6) is 5.88 Å². The maximum Gasteiger partial charge on any atom is 0.272 e. The molecular weight excluding hydrogens is 328 g/mol. The zero-order chi connectivity index (χ0) is 16.4. The highest BCUT2D eigenvalue weighted by Crippen LogP contribution is 2.24. The molecule has 2 rings (SSSR count). The molecule has 120 valence electrons. The molecule has 0 unspecified atom stereocenters. The Hall–Kier alpha value is -1.60. The van der Waals surface area contributed by atoms with Gasteiger partial charge in [0.2, 0.25) is 5.88 Å². The van der Waals surface area contributed by atoms with E-state index in [9.17, 15) is 13.2 Å². The van der Waals surface area contributed by atoms with Crippen molar-refractivity contribution in [1.29, 1.82) is 0 Å². The molecular formula is C14H17ClN2O4S. The Morgan fingerprint density at radius 3 is 2.91 bits per heavy atom. The van der Waals surface area contributed by atoms with Gasteiger partial charge in [-0.1, -0.05) is 24.3 Å². The van der Waals surface area contributed by atoms with Crippen LogP contribution in [-0.4, -0.2) is 43.0 Å². The first-order chi connectivity index (χ1) is 10.2. The first-order valence-electron chi connectivity index (χ1n) is 6.68. The summed E-state index contributed by atoms with van der Waals surface area (Å²) in [7, 11) is -3.12. The lowest BCUT2D eigenvalue weighted by atomic mass is 10.0. The molecule has 1 fully saturated rings. The van der Waals surface area contributed by atoms with Gasteiger partial charge in [-0.3, -0.25) is 4.79 Å². The predicted octanol–water partition coefficient (Wildman–Crippen LogP) is 1.61. The first-order valence-corrected chi connectivity index (χ1v) is 8.88. The average Bonchev–Trinajstić information content (AvgIpc) is 2.71. The fourth-order valence-electron chi connectivity index (χ4n) is 2.25. The Bertz CT molecular complexity index is 705. The summed E-state index contributed by atoms with van der Waals surface area (Å²) in [6, 6.07) is 3.06. The molecule has 22 heavy (non-hydrogen) atoms. The Balaban J connectivity index is 2.17. The number of carbonyl (C=O) groups is 1. The fraction of sp³-hybridized carbons (Fsp3) is 0.429. The zero-order valence-electron chi connectivity index (χ0n) is 12.1. The second kappa shape index (κ2) is 6.26. The Morgan fingerprint density at radius 2 is 2.32 bits per heavy atom. The topological polar surface area (TPSA) is 85.4 Å². The number of aromatic nitrogens is 1. The smallest absolute Gasteiger partial charge is 0.272 e. The predicted molar refractivity (Wildman–Crippen MR) is 84.1 cm³/mol. The van der Waals surface area contributed by atoms with E-state index in [1.807, 2.05) is 0 Å². The number of carbonyl (C=O) groups excluding carboxylic acids is 1. The van der Waals surface area contributed by atoms with Crippen molar-refractivity contribution in [2.45, 2.75) is 18.9 Å². The molecule has 1 aromatic rings. The van der Waals surface area contributed by atoms with Crippen LogP contribution in [0.3, 0.4) is 0 Å². The van der Waals surface area contributed by atoms with Gasteiger partial charge in [0.05, 0.1) is 22.1 Å². The standard InChI is InChI=1S/C14H17ClN2O4S/c1-3-7-21-11-5-4-10(15)12(16-11)13(18)17-14(2)6-8-22(19,20)9-14/h3-5H,1,6-9H2,2H3,(H,17,18)/t14-/m1/s1. The third-order valence-electron chi connectivity index (χ3n) is 3.30. The minimum atomic E-state index is -3.12. The molecule has 1 aliphatic heterocycles. The van der Waals surface area contributed by atoms with E-state index in [1.54, 1.807) is 19.1 Å². The van der Waals surface area contributed by atoms with Crippen molar-refractivity contribution in [1.82, 2.24) is 10.3 Å². The van der Waals surface area contributed by atoms with Gasteiger partial charge in [0.15, 0.2) is 15.5 Å². The van der Waals surface area contributed by atoms with Crippen molar-refractivity contribution >= 4 is 27.3 Å². The summed E-state index contributed by atoms with van der Waals surface area (Å²) in [6.07, 6.45) is 1.92. The van der Waals surface area contributed by atoms with Gasteiger partial charge in [0.1, 0.15) is 6.61 Å². The number of rotatable bonds is 5. The van der Waals surface area contributed by atoms with Gasteiger partial charge in [-0.15, -0.1) is 0 Å². The van der Waals surface area contributed by atoms with Crippen LogP contribution >= 0.6 is 11.6 Å². The van der Waals surface area contributed by atoms with Crippen molar-refractivity contribution < 1.29 is 17.9 Å². The van der Waals surface area contributed by atoms with Crippen LogP contribution in [0.15, 0.2) is 24.8 Å². The Kier molecular flexibility index (Phi) is 4.77. The van der Waals surface area contributed by atoms with Gasteiger partial charge in [-0.05, 0) is 19.4 Å². The van der Waals surface area contributed by atoms with E-state index in [0.717, 1.165) is 0 Å². The van der Waals surface area contributed by atoms with E-state index in [4.69, 9.17) is 16.3 Å². The second-order valence-corrected chi connectivity index (χ2v) is 8.03. The van der Waals surface area contributed by atoms with Crippen molar-refractivity contribution in [3.63, 3.8) is 0 Å². The number of amides is 1. The van der Waals surface area contributed by atoms with Gasteiger partial charge in [-0.25, -0.2) is 13.4 Å². The average molecular weight is 345 g/mol. The summed E-state index contributed by atoms with van der Waals surface area (Å²) in [4.78, 5) is 16.4. The van der Waals surface area contributed by atoms with E-state index >= 15 is 0 Å². The van der Waals surface area contributed by atoms with Crippen molar-refractivity contribution in [3.8, 4) is 5.88 Å². The van der Waals surface area contributed by atoms with E-state index < -0.39 is 21.3 Å². The third kappa shape index (κ3) is 3.98. The van der Waals surface area contributed by atoms with Gasteiger partial charge in [0, 0.05) is 6.07 Å². The molecule has 1 aliphatic rings. The summed E-state index contributed by atoms with van der Waals surface area (Å²) in [5, 5.41) is 2.88. The van der Waals surface area contributed by atoms with Crippen LogP contribution in [0.25, 0.3) is 0 Å². The minimum absolute atomic E-state index is 0.00810. The third-order valence-corrected chi connectivity index (χ3v) is 5.51. The summed E-state index contributed by atoms with van der Waals surface area (Å²) in [6.45, 7) is 5.48. The van der Waals surface area contributed by atoms with Gasteiger partial charge in [0.25, 0.3) is 5.91 Å². The fourth-order valence-corrected chi connectivity index (χ4v) is 4.53. The summed E-state index contributed by atoms with van der Waals surface area (Å²) in [5.41, 5.74) is -0.799. The van der Waals surface area contributed by atoms with Gasteiger partial charge in [-0.2, -0.15) is 0 Å². The molecule has 1 amide bonds. The van der Waals surface area contributed by atoms with Crippen LogP contribution in [0.1, 0.15) is 23.8 Å². The number of hydrogen-bond donors (Lipinski definition) is 1. The van der Waals surface area contributed by atoms with Crippen molar-refractivity contribution in [2.24, 2.45) is 0 Å². The van der Waals surface area contributed by atoms with Crippen LogP contribution in [-0.2, 0) is 9.84 Å². The number of pyridine rings is 1. The SMILES string of the molecule is C=CCOc1ccc(Cl)c(C(=O)N[C@]2(C)CCS(=O)(=O)C2)n1. The Morgan fingerprint density at radius 1 is 1.59 bits per heavy atom. The van der Waals surface area contributed by atoms with Crippen molar-refractivity contribution in [3.05, 3.63) is 35.5 Å². The summed E-state index contributed by atoms with van der Waals surface area (Å²) in [5.74, 6) is -0.295. The van der Waals surface area contributed by atoms with E-state index in [0.29, 0.717) is 6.42 Å². The largest absolute Gasteiger partial charge is 0.473 e. The molecule has 0 bridgehead atoms. The highest BCUT2D eigenvalue weighted by molar-refractivity contribution is 7.91. The quantitative estimate of drug-likeness (QED) is 0.820. The molecule has 1 aromatic heterocycles. The summed E-state index contributed by atoms with van der Waals surface area (Å²) >= 11 is 5.99. The van der Waals surface area contributed by atoms with Crippen LogP contribution in [0.2, 0.25) is 5.02 Å². The second-order valence-electron chi connectivity index (χ2n) is 5.44. The number of hydrogen-bond acceptors (Lipinski definition) is 5. The molecule has 0 spiro atoms. The number of sulfone groups is 1. The maximum absolute atomic E-state index is 12.3. The van der Waals surface area contributed by atoms with Crippen LogP contribution < -0.4 is 10.1 Å². The lowest BCUT2D eigenvalue weighted by molar-refractivity contribution is 0.0909. The molecule has 0 aliphatic carbocycles. The molecule has 6 nitrogen and oxygen atoms in total. The molecule has 1 N–H and O–H groups in total. The molecule has 1 saturated heterocycles. The molecule has 2 heterocycles. The molecule has 8 heteroatoms. The lowest BCUT2D eigenvalue weighted by Gasteiger charge is -2.23. The molecule has 0 aromatic carbocycles. The van der Waals surface area contributed by atoms with Gasteiger partial charge < -0.3 is 10.1 Å². The maximum atomic E-state index is 12.3. The zero-order valence-corrected chi connectivity index (χ0v) is 13.7. The first kappa shape index (κ1) is 16.8. The number of halogens is 1. The van der Waals surface area contributed by atoms with Crippen LogP contribution in [0, 0.1) is 0 Å². The van der Waals surface area contributed by atoms with E-state index in [-0.39, 0.29) is 34.7 Å². The summed E-state index contributed by atoms with van der Waals surface area (Å²) < 4.78 is 28.4. The van der Waals surface area contributed by atoms with E-state index in [1.165, 1.54) is 6.07 Å². The minimum Gasteiger partial charge on any atom is -0.473 e. The highest BCUT2D eigenvalue weighted by Gasteiger charge is 2.40. The highest BCUT2D eigenvalue weighted by atomic mass is 35.5. The molecule has 0 saturated carbocycles. The number of nitrogens with one attached hydrogen (secondary N) is 1. The number of ether oxygens (including phenoxy) is 1. The molecule has 1 atom stereocenters. The normalized spacial score (nSPS) is 23.0. The number of nitrogens with zero attached hydrogens (tertiary/aromatic N) is 1. The lowest BCUT2D eigenvalue weighted by Crippen LogP contribution is -2.47. The van der Waals surface area contributed by atoms with Crippen molar-refractivity contribution in [2.75, 3.05) is 18.1 Å². The van der Waals surface area contributed by atoms with E-state index in [2.05, 4.69) is 16.9 Å². The monoisotopic (exact) mass is 344 g/mol. The molecule has 0 radical (unpaired) electrons. The Labute approximate surface area is 134 Å². The van der Waals surface area contributed by atoms with Gasteiger partial charge >= 0.3 is 0 Å². The van der Waals surface area contributed by atoms with Crippen LogP contribution in [0.4, 0.5) is 0 Å².